The third kappa shape index (κ3) is 4.31. The third-order valence-corrected chi connectivity index (χ3v) is 4.31. The number of aromatic nitrogens is 1. The first-order chi connectivity index (χ1) is 12.3. The molecule has 1 aromatic heterocycles. The number of piperazine rings is 1. The summed E-state index contributed by atoms with van der Waals surface area (Å²) < 4.78 is 13.9. The molecule has 1 fully saturated rings. The van der Waals surface area contributed by atoms with Crippen LogP contribution in [0.25, 0.3) is 0 Å². The van der Waals surface area contributed by atoms with Crippen molar-refractivity contribution in [2.24, 2.45) is 0 Å². The fourth-order valence-corrected chi connectivity index (χ4v) is 3.03. The molecular weight excluding hydrogens is 331 g/mol. The molecule has 1 aliphatic rings. The van der Waals surface area contributed by atoms with Gasteiger partial charge in [-0.05, 0) is 45.0 Å². The lowest BCUT2D eigenvalue weighted by molar-refractivity contribution is 0.0914. The predicted molar refractivity (Wildman–Crippen MR) is 102 cm³/mol. The summed E-state index contributed by atoms with van der Waals surface area (Å²) >= 11 is 0. The van der Waals surface area contributed by atoms with E-state index in [0.29, 0.717) is 11.4 Å². The Labute approximate surface area is 153 Å². The van der Waals surface area contributed by atoms with Gasteiger partial charge in [0.05, 0.1) is 17.6 Å². The summed E-state index contributed by atoms with van der Waals surface area (Å²) in [4.78, 5) is 20.7. The molecule has 0 radical (unpaired) electrons. The van der Waals surface area contributed by atoms with Crippen LogP contribution in [0, 0.1) is 5.82 Å². The molecule has 1 amide bonds. The summed E-state index contributed by atoms with van der Waals surface area (Å²) in [6.07, 6.45) is 1.73. The monoisotopic (exact) mass is 356 g/mol. The highest BCUT2D eigenvalue weighted by molar-refractivity contribution is 5.92. The Morgan fingerprint density at radius 2 is 1.69 bits per heavy atom. The van der Waals surface area contributed by atoms with Crippen LogP contribution in [0.1, 0.15) is 31.3 Å². The summed E-state index contributed by atoms with van der Waals surface area (Å²) in [7, 11) is 0. The quantitative estimate of drug-likeness (QED) is 0.918. The molecule has 1 aromatic carbocycles. The number of para-hydroxylation sites is 1. The molecule has 0 spiro atoms. The number of halogens is 1. The molecule has 1 saturated heterocycles. The number of carbonyl (C=O) groups is 1. The number of carbonyl (C=O) groups excluding carboxylic acids is 1. The maximum Gasteiger partial charge on any atom is 0.270 e. The third-order valence-electron chi connectivity index (χ3n) is 4.31. The zero-order valence-corrected chi connectivity index (χ0v) is 15.5. The van der Waals surface area contributed by atoms with Crippen LogP contribution in [0.3, 0.4) is 0 Å². The molecule has 0 unspecified atom stereocenters. The minimum Gasteiger partial charge on any atom is -0.367 e. The number of nitrogens with one attached hydrogen (secondary N) is 1. The first-order valence-electron chi connectivity index (χ1n) is 8.86. The summed E-state index contributed by atoms with van der Waals surface area (Å²) in [5.74, 6) is -0.356. The smallest absolute Gasteiger partial charge is 0.270 e. The van der Waals surface area contributed by atoms with Crippen molar-refractivity contribution < 1.29 is 9.18 Å². The van der Waals surface area contributed by atoms with Gasteiger partial charge in [-0.1, -0.05) is 12.1 Å². The van der Waals surface area contributed by atoms with Crippen LogP contribution < -0.4 is 15.1 Å². The van der Waals surface area contributed by atoms with Gasteiger partial charge in [0.15, 0.2) is 0 Å². The van der Waals surface area contributed by atoms with Crippen LogP contribution >= 0.6 is 0 Å². The van der Waals surface area contributed by atoms with E-state index in [1.54, 1.807) is 18.3 Å². The Hall–Kier alpha value is -2.63. The van der Waals surface area contributed by atoms with Crippen LogP contribution in [0.4, 0.5) is 15.8 Å². The molecule has 0 bridgehead atoms. The molecule has 0 aliphatic carbocycles. The first kappa shape index (κ1) is 18.2. The SMILES string of the molecule is CC(C)(C)NC(=O)c1ccc(N2CCN(c3ccccc3F)CC2)cn1. The van der Waals surface area contributed by atoms with E-state index in [1.807, 2.05) is 39.0 Å². The number of rotatable bonds is 3. The highest BCUT2D eigenvalue weighted by Crippen LogP contribution is 2.22. The van der Waals surface area contributed by atoms with E-state index in [2.05, 4.69) is 20.1 Å². The van der Waals surface area contributed by atoms with Crippen molar-refractivity contribution in [3.63, 3.8) is 0 Å². The summed E-state index contributed by atoms with van der Waals surface area (Å²) in [6, 6.07) is 10.5. The molecule has 2 aromatic rings. The van der Waals surface area contributed by atoms with Gasteiger partial charge >= 0.3 is 0 Å². The highest BCUT2D eigenvalue weighted by Gasteiger charge is 2.21. The number of amides is 1. The maximum absolute atomic E-state index is 13.9. The van der Waals surface area contributed by atoms with Gasteiger partial charge in [-0.3, -0.25) is 4.79 Å². The molecule has 6 heteroatoms. The minimum absolute atomic E-state index is 0.173. The zero-order chi connectivity index (χ0) is 18.7. The average molecular weight is 356 g/mol. The number of benzene rings is 1. The normalized spacial score (nSPS) is 15.1. The molecule has 5 nitrogen and oxygen atoms in total. The fraction of sp³-hybridized carbons (Fsp3) is 0.400. The van der Waals surface area contributed by atoms with Crippen molar-refractivity contribution >= 4 is 17.3 Å². The van der Waals surface area contributed by atoms with E-state index in [1.165, 1.54) is 6.07 Å². The van der Waals surface area contributed by atoms with Gasteiger partial charge in [0.2, 0.25) is 0 Å². The largest absolute Gasteiger partial charge is 0.367 e. The molecule has 138 valence electrons. The number of pyridine rings is 1. The van der Waals surface area contributed by atoms with E-state index in [0.717, 1.165) is 31.9 Å². The lowest BCUT2D eigenvalue weighted by Gasteiger charge is -2.37. The van der Waals surface area contributed by atoms with Gasteiger partial charge in [-0.15, -0.1) is 0 Å². The van der Waals surface area contributed by atoms with Crippen molar-refractivity contribution in [3.8, 4) is 0 Å². The second-order valence-corrected chi connectivity index (χ2v) is 7.53. The van der Waals surface area contributed by atoms with Crippen molar-refractivity contribution in [1.82, 2.24) is 10.3 Å². The maximum atomic E-state index is 13.9. The molecule has 1 aliphatic heterocycles. The summed E-state index contributed by atoms with van der Waals surface area (Å²) in [5.41, 5.74) is 1.75. The van der Waals surface area contributed by atoms with Crippen LogP contribution in [0.5, 0.6) is 0 Å². The van der Waals surface area contributed by atoms with E-state index in [9.17, 15) is 9.18 Å². The summed E-state index contributed by atoms with van der Waals surface area (Å²) in [6.45, 7) is 8.87. The second-order valence-electron chi connectivity index (χ2n) is 7.53. The average Bonchev–Trinajstić information content (AvgIpc) is 2.61. The van der Waals surface area contributed by atoms with Crippen molar-refractivity contribution in [2.75, 3.05) is 36.0 Å². The Morgan fingerprint density at radius 3 is 2.27 bits per heavy atom. The Balaban J connectivity index is 1.61. The molecular formula is C20H25FN4O. The topological polar surface area (TPSA) is 48.5 Å². The Morgan fingerprint density at radius 1 is 1.04 bits per heavy atom. The van der Waals surface area contributed by atoms with Gasteiger partial charge in [0.1, 0.15) is 11.5 Å². The van der Waals surface area contributed by atoms with Gasteiger partial charge in [0.25, 0.3) is 5.91 Å². The van der Waals surface area contributed by atoms with Crippen LogP contribution in [0.2, 0.25) is 0 Å². The zero-order valence-electron chi connectivity index (χ0n) is 15.5. The molecule has 26 heavy (non-hydrogen) atoms. The number of anilines is 2. The molecule has 1 N–H and O–H groups in total. The van der Waals surface area contributed by atoms with Crippen molar-refractivity contribution in [3.05, 3.63) is 54.1 Å². The molecule has 2 heterocycles. The van der Waals surface area contributed by atoms with Gasteiger partial charge in [0, 0.05) is 31.7 Å². The highest BCUT2D eigenvalue weighted by atomic mass is 19.1. The lowest BCUT2D eigenvalue weighted by atomic mass is 10.1. The van der Waals surface area contributed by atoms with Crippen molar-refractivity contribution in [2.45, 2.75) is 26.3 Å². The molecule has 0 atom stereocenters. The van der Waals surface area contributed by atoms with Crippen LogP contribution in [0.15, 0.2) is 42.6 Å². The number of hydrogen-bond acceptors (Lipinski definition) is 4. The van der Waals surface area contributed by atoms with Crippen LogP contribution in [-0.4, -0.2) is 42.6 Å². The van der Waals surface area contributed by atoms with Gasteiger partial charge in [-0.2, -0.15) is 0 Å². The lowest BCUT2D eigenvalue weighted by Crippen LogP contribution is -2.47. The standard InChI is InChI=1S/C20H25FN4O/c1-20(2,3)23-19(26)17-9-8-15(14-22-17)24-10-12-25(13-11-24)18-7-5-4-6-16(18)21/h4-9,14H,10-13H2,1-3H3,(H,23,26). The van der Waals surface area contributed by atoms with Gasteiger partial charge in [-0.25, -0.2) is 9.37 Å². The number of hydrogen-bond donors (Lipinski definition) is 1. The Bertz CT molecular complexity index is 762. The summed E-state index contributed by atoms with van der Waals surface area (Å²) in [5, 5.41) is 2.91. The van der Waals surface area contributed by atoms with E-state index >= 15 is 0 Å². The fourth-order valence-electron chi connectivity index (χ4n) is 3.03. The molecule has 3 rings (SSSR count). The van der Waals surface area contributed by atoms with E-state index < -0.39 is 0 Å². The van der Waals surface area contributed by atoms with E-state index in [4.69, 9.17) is 0 Å². The predicted octanol–water partition coefficient (Wildman–Crippen LogP) is 3.08. The second kappa shape index (κ2) is 7.32. The Kier molecular flexibility index (Phi) is 5.11. The minimum atomic E-state index is -0.291. The first-order valence-corrected chi connectivity index (χ1v) is 8.86. The van der Waals surface area contributed by atoms with Gasteiger partial charge < -0.3 is 15.1 Å². The van der Waals surface area contributed by atoms with Crippen LogP contribution in [-0.2, 0) is 0 Å². The van der Waals surface area contributed by atoms with Crippen molar-refractivity contribution in [1.29, 1.82) is 0 Å². The number of nitrogens with zero attached hydrogens (tertiary/aromatic N) is 3. The van der Waals surface area contributed by atoms with E-state index in [-0.39, 0.29) is 17.3 Å². The molecule has 0 saturated carbocycles.